The molecule has 0 amide bonds. The number of hydrogen-bond acceptors (Lipinski definition) is 2. The Hall–Kier alpha value is -1.51. The molecule has 0 aromatic heterocycles. The Bertz CT molecular complexity index is 413. The Kier molecular flexibility index (Phi) is 5.20. The summed E-state index contributed by atoms with van der Waals surface area (Å²) in [4.78, 5) is 10.9. The van der Waals surface area contributed by atoms with E-state index in [1.165, 1.54) is 6.42 Å². The van der Waals surface area contributed by atoms with Crippen LogP contribution in [0.1, 0.15) is 49.5 Å². The Morgan fingerprint density at radius 2 is 1.94 bits per heavy atom. The number of anilines is 1. The van der Waals surface area contributed by atoms with Crippen molar-refractivity contribution >= 4 is 11.7 Å². The van der Waals surface area contributed by atoms with Crippen molar-refractivity contribution in [2.75, 3.05) is 5.32 Å². The van der Waals surface area contributed by atoms with Gasteiger partial charge in [0.1, 0.15) is 0 Å². The second-order valence-electron chi connectivity index (χ2n) is 5.35. The summed E-state index contributed by atoms with van der Waals surface area (Å²) in [5.74, 6) is -0.186. The molecule has 0 fully saturated rings. The molecule has 2 N–H and O–H groups in total. The number of hydrogen-bond donors (Lipinski definition) is 2. The predicted octanol–water partition coefficient (Wildman–Crippen LogP) is 3.93. The fourth-order valence-electron chi connectivity index (χ4n) is 1.83. The summed E-state index contributed by atoms with van der Waals surface area (Å²) in [5, 5.41) is 12.4. The van der Waals surface area contributed by atoms with Crippen LogP contribution in [0.3, 0.4) is 0 Å². The summed E-state index contributed by atoms with van der Waals surface area (Å²) in [7, 11) is 0. The maximum Gasteiger partial charge on any atom is 0.335 e. The number of benzene rings is 1. The summed E-state index contributed by atoms with van der Waals surface area (Å²) in [6, 6.07) is 5.56. The van der Waals surface area contributed by atoms with Crippen molar-refractivity contribution in [3.63, 3.8) is 0 Å². The molecule has 1 rings (SSSR count). The van der Waals surface area contributed by atoms with Crippen LogP contribution in [0.2, 0.25) is 0 Å². The fourth-order valence-corrected chi connectivity index (χ4v) is 1.83. The Morgan fingerprint density at radius 3 is 2.50 bits per heavy atom. The first-order chi connectivity index (χ1) is 8.40. The van der Waals surface area contributed by atoms with E-state index in [0.29, 0.717) is 17.5 Å². The smallest absolute Gasteiger partial charge is 0.335 e. The van der Waals surface area contributed by atoms with Gasteiger partial charge in [-0.2, -0.15) is 0 Å². The minimum atomic E-state index is -0.882. The van der Waals surface area contributed by atoms with Crippen molar-refractivity contribution < 1.29 is 9.90 Å². The van der Waals surface area contributed by atoms with Gasteiger partial charge < -0.3 is 10.4 Å². The summed E-state index contributed by atoms with van der Waals surface area (Å²) in [5.41, 5.74) is 2.33. The van der Waals surface area contributed by atoms with Gasteiger partial charge in [-0.25, -0.2) is 4.79 Å². The minimum absolute atomic E-state index is 0.333. The molecule has 0 heterocycles. The first-order valence-corrected chi connectivity index (χ1v) is 6.50. The van der Waals surface area contributed by atoms with Crippen LogP contribution in [-0.4, -0.2) is 17.1 Å². The predicted molar refractivity (Wildman–Crippen MR) is 75.3 cm³/mol. The third-order valence-electron chi connectivity index (χ3n) is 3.06. The van der Waals surface area contributed by atoms with Gasteiger partial charge in [-0.05, 0) is 50.3 Å². The van der Waals surface area contributed by atoms with E-state index in [0.717, 1.165) is 17.7 Å². The highest BCUT2D eigenvalue weighted by Gasteiger charge is 2.09. The molecule has 1 atom stereocenters. The molecule has 0 saturated heterocycles. The minimum Gasteiger partial charge on any atom is -0.478 e. The SMILES string of the molecule is Cc1ccc(C(=O)O)cc1NC(C)CCC(C)C. The highest BCUT2D eigenvalue weighted by atomic mass is 16.4. The van der Waals surface area contributed by atoms with Crippen molar-refractivity contribution in [2.45, 2.75) is 46.6 Å². The number of rotatable bonds is 6. The van der Waals surface area contributed by atoms with E-state index in [1.807, 2.05) is 13.0 Å². The lowest BCUT2D eigenvalue weighted by molar-refractivity contribution is 0.0697. The highest BCUT2D eigenvalue weighted by Crippen LogP contribution is 2.19. The topological polar surface area (TPSA) is 49.3 Å². The van der Waals surface area contributed by atoms with Crippen LogP contribution in [0.4, 0.5) is 5.69 Å². The van der Waals surface area contributed by atoms with Crippen LogP contribution in [0.15, 0.2) is 18.2 Å². The summed E-state index contributed by atoms with van der Waals surface area (Å²) >= 11 is 0. The van der Waals surface area contributed by atoms with Gasteiger partial charge in [0.15, 0.2) is 0 Å². The molecule has 1 aromatic rings. The molecule has 1 unspecified atom stereocenters. The lowest BCUT2D eigenvalue weighted by Gasteiger charge is -2.18. The molecule has 0 saturated carbocycles. The maximum atomic E-state index is 10.9. The zero-order valence-electron chi connectivity index (χ0n) is 11.7. The van der Waals surface area contributed by atoms with E-state index in [-0.39, 0.29) is 0 Å². The van der Waals surface area contributed by atoms with Gasteiger partial charge in [0, 0.05) is 11.7 Å². The summed E-state index contributed by atoms with van der Waals surface area (Å²) in [6.07, 6.45) is 2.26. The van der Waals surface area contributed by atoms with Gasteiger partial charge in [0.05, 0.1) is 5.56 Å². The van der Waals surface area contributed by atoms with Crippen molar-refractivity contribution in [3.05, 3.63) is 29.3 Å². The second-order valence-corrected chi connectivity index (χ2v) is 5.35. The largest absolute Gasteiger partial charge is 0.478 e. The van der Waals surface area contributed by atoms with Crippen LogP contribution >= 0.6 is 0 Å². The number of carbonyl (C=O) groups is 1. The molecule has 3 heteroatoms. The van der Waals surface area contributed by atoms with Crippen LogP contribution in [0.25, 0.3) is 0 Å². The number of carboxylic acid groups (broad SMARTS) is 1. The zero-order chi connectivity index (χ0) is 13.7. The van der Waals surface area contributed by atoms with Gasteiger partial charge in [-0.1, -0.05) is 19.9 Å². The van der Waals surface area contributed by atoms with E-state index in [2.05, 4.69) is 26.1 Å². The summed E-state index contributed by atoms with van der Waals surface area (Å²) < 4.78 is 0. The summed E-state index contributed by atoms with van der Waals surface area (Å²) in [6.45, 7) is 8.55. The van der Waals surface area contributed by atoms with E-state index >= 15 is 0 Å². The quantitative estimate of drug-likeness (QED) is 0.803. The second kappa shape index (κ2) is 6.43. The van der Waals surface area contributed by atoms with Gasteiger partial charge in [-0.15, -0.1) is 0 Å². The normalized spacial score (nSPS) is 12.5. The molecule has 0 radical (unpaired) electrons. The molecular formula is C15H23NO2. The molecule has 3 nitrogen and oxygen atoms in total. The third-order valence-corrected chi connectivity index (χ3v) is 3.06. The van der Waals surface area contributed by atoms with Gasteiger partial charge in [0.25, 0.3) is 0 Å². The first-order valence-electron chi connectivity index (χ1n) is 6.50. The first kappa shape index (κ1) is 14.6. The molecule has 0 spiro atoms. The average Bonchev–Trinajstić information content (AvgIpc) is 2.29. The van der Waals surface area contributed by atoms with Crippen LogP contribution in [0.5, 0.6) is 0 Å². The van der Waals surface area contributed by atoms with Crippen LogP contribution in [-0.2, 0) is 0 Å². The molecule has 0 bridgehead atoms. The Labute approximate surface area is 109 Å². The molecule has 0 aliphatic rings. The lowest BCUT2D eigenvalue weighted by Crippen LogP contribution is -2.17. The molecule has 100 valence electrons. The van der Waals surface area contributed by atoms with Gasteiger partial charge in [-0.3, -0.25) is 0 Å². The van der Waals surface area contributed by atoms with Gasteiger partial charge in [0.2, 0.25) is 0 Å². The van der Waals surface area contributed by atoms with Crippen LogP contribution < -0.4 is 5.32 Å². The van der Waals surface area contributed by atoms with E-state index < -0.39 is 5.97 Å². The number of aromatic carboxylic acids is 1. The molecule has 0 aliphatic carbocycles. The molecule has 18 heavy (non-hydrogen) atoms. The van der Waals surface area contributed by atoms with E-state index in [4.69, 9.17) is 5.11 Å². The van der Waals surface area contributed by atoms with Crippen LogP contribution in [0, 0.1) is 12.8 Å². The van der Waals surface area contributed by atoms with Crippen molar-refractivity contribution in [1.29, 1.82) is 0 Å². The molecule has 1 aromatic carbocycles. The standard InChI is InChI=1S/C15H23NO2/c1-10(2)5-7-12(4)16-14-9-13(15(17)18)8-6-11(14)3/h6,8-10,12,16H,5,7H2,1-4H3,(H,17,18). The maximum absolute atomic E-state index is 10.9. The van der Waals surface area contributed by atoms with E-state index in [1.54, 1.807) is 12.1 Å². The van der Waals surface area contributed by atoms with E-state index in [9.17, 15) is 4.79 Å². The molecular weight excluding hydrogens is 226 g/mol. The number of nitrogens with one attached hydrogen (secondary N) is 1. The van der Waals surface area contributed by atoms with Crippen molar-refractivity contribution in [3.8, 4) is 0 Å². The number of aryl methyl sites for hydroxylation is 1. The number of carboxylic acids is 1. The fraction of sp³-hybridized carbons (Fsp3) is 0.533. The van der Waals surface area contributed by atoms with Gasteiger partial charge >= 0.3 is 5.97 Å². The lowest BCUT2D eigenvalue weighted by atomic mass is 10.0. The van der Waals surface area contributed by atoms with Crippen molar-refractivity contribution in [2.24, 2.45) is 5.92 Å². The zero-order valence-corrected chi connectivity index (χ0v) is 11.7. The average molecular weight is 249 g/mol. The molecule has 0 aliphatic heterocycles. The third kappa shape index (κ3) is 4.40. The van der Waals surface area contributed by atoms with Crippen molar-refractivity contribution in [1.82, 2.24) is 0 Å². The monoisotopic (exact) mass is 249 g/mol. The Balaban J connectivity index is 2.71. The highest BCUT2D eigenvalue weighted by molar-refractivity contribution is 5.89. The Morgan fingerprint density at radius 1 is 1.28 bits per heavy atom.